The van der Waals surface area contributed by atoms with Crippen LogP contribution in [0.15, 0.2) is 29.6 Å². The molecule has 5 nitrogen and oxygen atoms in total. The lowest BCUT2D eigenvalue weighted by atomic mass is 10.1. The fourth-order valence-electron chi connectivity index (χ4n) is 1.88. The Kier molecular flexibility index (Phi) is 4.81. The van der Waals surface area contributed by atoms with Gasteiger partial charge in [-0.3, -0.25) is 4.79 Å². The number of aryl methyl sites for hydroxylation is 1. The number of nitrogens with zero attached hydrogens (tertiary/aromatic N) is 3. The maximum Gasteiger partial charge on any atom is 0.275 e. The van der Waals surface area contributed by atoms with Crippen LogP contribution in [-0.4, -0.2) is 38.6 Å². The van der Waals surface area contributed by atoms with Crippen molar-refractivity contribution in [3.05, 3.63) is 46.5 Å². The van der Waals surface area contributed by atoms with Crippen LogP contribution in [0.3, 0.4) is 0 Å². The maximum absolute atomic E-state index is 12.2. The van der Waals surface area contributed by atoms with E-state index in [9.17, 15) is 9.90 Å². The number of benzene rings is 1. The molecule has 106 valence electrons. The fourth-order valence-corrected chi connectivity index (χ4v) is 2.31. The highest BCUT2D eigenvalue weighted by Gasteiger charge is 2.20. The van der Waals surface area contributed by atoms with Gasteiger partial charge in [0.25, 0.3) is 5.91 Å². The number of amides is 1. The van der Waals surface area contributed by atoms with Gasteiger partial charge in [0.1, 0.15) is 0 Å². The average molecular weight is 291 g/mol. The first kappa shape index (κ1) is 14.6. The van der Waals surface area contributed by atoms with Crippen LogP contribution in [-0.2, 0) is 0 Å². The van der Waals surface area contributed by atoms with Crippen LogP contribution in [0, 0.1) is 6.92 Å². The predicted molar refractivity (Wildman–Crippen MR) is 77.6 cm³/mol. The highest BCUT2D eigenvalue weighted by molar-refractivity contribution is 7.03. The highest BCUT2D eigenvalue weighted by atomic mass is 32.1. The van der Waals surface area contributed by atoms with Gasteiger partial charge in [0, 0.05) is 11.9 Å². The van der Waals surface area contributed by atoms with Crippen LogP contribution in [0.2, 0.25) is 0 Å². The molecule has 0 bridgehead atoms. The molecule has 1 aromatic heterocycles. The molecule has 6 heteroatoms. The van der Waals surface area contributed by atoms with Gasteiger partial charge >= 0.3 is 0 Å². The van der Waals surface area contributed by atoms with Crippen LogP contribution in [0.4, 0.5) is 0 Å². The normalized spacial score (nSPS) is 12.2. The third-order valence-electron chi connectivity index (χ3n) is 3.10. The Morgan fingerprint density at radius 3 is 2.65 bits per heavy atom. The molecule has 0 radical (unpaired) electrons. The Labute approximate surface area is 122 Å². The molecular weight excluding hydrogens is 274 g/mol. The van der Waals surface area contributed by atoms with E-state index >= 15 is 0 Å². The van der Waals surface area contributed by atoms with Gasteiger partial charge in [0.2, 0.25) is 0 Å². The largest absolute Gasteiger partial charge is 0.387 e. The smallest absolute Gasteiger partial charge is 0.275 e. The second kappa shape index (κ2) is 6.58. The van der Waals surface area contributed by atoms with E-state index in [1.165, 1.54) is 0 Å². The van der Waals surface area contributed by atoms with Crippen LogP contribution in [0.1, 0.15) is 34.6 Å². The Morgan fingerprint density at radius 2 is 2.10 bits per heavy atom. The minimum absolute atomic E-state index is 0.201. The molecule has 2 rings (SSSR count). The Hall–Kier alpha value is -1.79. The quantitative estimate of drug-likeness (QED) is 0.915. The molecule has 2 aromatic rings. The maximum atomic E-state index is 12.2. The van der Waals surface area contributed by atoms with Crippen molar-refractivity contribution in [3.63, 3.8) is 0 Å². The summed E-state index contributed by atoms with van der Waals surface area (Å²) in [6.45, 7) is 4.63. The number of hydrogen-bond acceptors (Lipinski definition) is 5. The Bertz CT molecular complexity index is 554. The van der Waals surface area contributed by atoms with Gasteiger partial charge in [0.05, 0.1) is 12.6 Å². The van der Waals surface area contributed by atoms with E-state index in [4.69, 9.17) is 0 Å². The molecule has 0 fully saturated rings. The topological polar surface area (TPSA) is 66.3 Å². The molecule has 1 unspecified atom stereocenters. The zero-order valence-electron chi connectivity index (χ0n) is 11.5. The molecule has 20 heavy (non-hydrogen) atoms. The lowest BCUT2D eigenvalue weighted by Crippen LogP contribution is -2.34. The molecule has 1 atom stereocenters. The number of aliphatic hydroxyl groups is 1. The van der Waals surface area contributed by atoms with Crippen molar-refractivity contribution >= 4 is 17.4 Å². The minimum atomic E-state index is -0.703. The van der Waals surface area contributed by atoms with Crippen molar-refractivity contribution in [2.75, 3.05) is 13.1 Å². The first-order valence-corrected chi connectivity index (χ1v) is 7.26. The molecule has 1 N–H and O–H groups in total. The molecule has 1 heterocycles. The third kappa shape index (κ3) is 3.40. The van der Waals surface area contributed by atoms with Gasteiger partial charge in [-0.25, -0.2) is 0 Å². The average Bonchev–Trinajstić information content (AvgIpc) is 2.98. The van der Waals surface area contributed by atoms with E-state index in [0.717, 1.165) is 22.7 Å². The summed E-state index contributed by atoms with van der Waals surface area (Å²) in [6, 6.07) is 7.65. The van der Waals surface area contributed by atoms with Crippen LogP contribution in [0.25, 0.3) is 0 Å². The monoisotopic (exact) mass is 291 g/mol. The van der Waals surface area contributed by atoms with Gasteiger partial charge in [-0.05, 0) is 30.9 Å². The van der Waals surface area contributed by atoms with Crippen LogP contribution >= 0.6 is 11.5 Å². The van der Waals surface area contributed by atoms with Crippen molar-refractivity contribution in [1.29, 1.82) is 0 Å². The van der Waals surface area contributed by atoms with Gasteiger partial charge in [0.15, 0.2) is 5.69 Å². The molecule has 0 aliphatic carbocycles. The SMILES string of the molecule is CCN(CC(O)c1ccc(C)cc1)C(=O)c1csnn1. The second-order valence-corrected chi connectivity index (χ2v) is 5.17. The summed E-state index contributed by atoms with van der Waals surface area (Å²) in [5.41, 5.74) is 2.27. The minimum Gasteiger partial charge on any atom is -0.387 e. The Morgan fingerprint density at radius 1 is 1.40 bits per heavy atom. The van der Waals surface area contributed by atoms with E-state index in [-0.39, 0.29) is 12.5 Å². The van der Waals surface area contributed by atoms with Crippen molar-refractivity contribution in [2.24, 2.45) is 0 Å². The van der Waals surface area contributed by atoms with E-state index in [1.54, 1.807) is 10.3 Å². The summed E-state index contributed by atoms with van der Waals surface area (Å²) in [5.74, 6) is -0.201. The van der Waals surface area contributed by atoms with Crippen LogP contribution in [0.5, 0.6) is 0 Å². The number of likely N-dealkylation sites (N-methyl/N-ethyl adjacent to an activating group) is 1. The number of carbonyl (C=O) groups is 1. The summed E-state index contributed by atoms with van der Waals surface area (Å²) in [4.78, 5) is 13.7. The summed E-state index contributed by atoms with van der Waals surface area (Å²) >= 11 is 1.14. The Balaban J connectivity index is 2.06. The second-order valence-electron chi connectivity index (χ2n) is 4.56. The summed E-state index contributed by atoms with van der Waals surface area (Å²) < 4.78 is 3.69. The third-order valence-corrected chi connectivity index (χ3v) is 3.61. The summed E-state index contributed by atoms with van der Waals surface area (Å²) in [6.07, 6.45) is -0.703. The summed E-state index contributed by atoms with van der Waals surface area (Å²) in [5, 5.41) is 15.6. The van der Waals surface area contributed by atoms with Crippen LogP contribution < -0.4 is 0 Å². The molecule has 0 saturated carbocycles. The van der Waals surface area contributed by atoms with Crippen molar-refractivity contribution in [2.45, 2.75) is 20.0 Å². The molecule has 0 spiro atoms. The number of rotatable bonds is 5. The molecule has 1 amide bonds. The van der Waals surface area contributed by atoms with Gasteiger partial charge in [-0.15, -0.1) is 5.10 Å². The standard InChI is InChI=1S/C14H17N3O2S/c1-3-17(14(19)12-9-20-16-15-12)8-13(18)11-6-4-10(2)5-7-11/h4-7,9,13,18H,3,8H2,1-2H3. The summed E-state index contributed by atoms with van der Waals surface area (Å²) in [7, 11) is 0. The number of aliphatic hydroxyl groups excluding tert-OH is 1. The fraction of sp³-hybridized carbons (Fsp3) is 0.357. The van der Waals surface area contributed by atoms with Gasteiger partial charge in [-0.2, -0.15) is 0 Å². The van der Waals surface area contributed by atoms with Gasteiger partial charge < -0.3 is 10.0 Å². The van der Waals surface area contributed by atoms with E-state index < -0.39 is 6.10 Å². The van der Waals surface area contributed by atoms with E-state index in [0.29, 0.717) is 12.2 Å². The first-order valence-electron chi connectivity index (χ1n) is 6.42. The zero-order valence-corrected chi connectivity index (χ0v) is 12.3. The molecule has 0 saturated heterocycles. The van der Waals surface area contributed by atoms with Crippen molar-refractivity contribution in [3.8, 4) is 0 Å². The van der Waals surface area contributed by atoms with E-state index in [1.807, 2.05) is 38.1 Å². The lowest BCUT2D eigenvalue weighted by Gasteiger charge is -2.23. The molecule has 1 aromatic carbocycles. The van der Waals surface area contributed by atoms with Crippen molar-refractivity contribution < 1.29 is 9.90 Å². The van der Waals surface area contributed by atoms with E-state index in [2.05, 4.69) is 9.59 Å². The lowest BCUT2D eigenvalue weighted by molar-refractivity contribution is 0.0629. The van der Waals surface area contributed by atoms with Gasteiger partial charge in [-0.1, -0.05) is 34.3 Å². The molecule has 0 aliphatic heterocycles. The molecule has 0 aliphatic rings. The van der Waals surface area contributed by atoms with Crippen molar-refractivity contribution in [1.82, 2.24) is 14.5 Å². The number of carbonyl (C=O) groups excluding carboxylic acids is 1. The highest BCUT2D eigenvalue weighted by Crippen LogP contribution is 2.16. The number of hydrogen-bond donors (Lipinski definition) is 1. The zero-order chi connectivity index (χ0) is 14.5. The molecular formula is C14H17N3O2S. The number of aromatic nitrogens is 2. The predicted octanol–water partition coefficient (Wildman–Crippen LogP) is 2.04. The first-order chi connectivity index (χ1) is 9.61.